The van der Waals surface area contributed by atoms with Gasteiger partial charge in [0.2, 0.25) is 0 Å². The molecule has 1 aliphatic rings. The van der Waals surface area contributed by atoms with Crippen LogP contribution in [0.3, 0.4) is 0 Å². The molecule has 2 aromatic carbocycles. The molecule has 0 bridgehead atoms. The number of nitrogens with zero attached hydrogens (tertiary/aromatic N) is 1. The Morgan fingerprint density at radius 1 is 1.08 bits per heavy atom. The van der Waals surface area contributed by atoms with Crippen LogP contribution >= 0.6 is 0 Å². The van der Waals surface area contributed by atoms with Crippen molar-refractivity contribution in [3.05, 3.63) is 60.2 Å². The zero-order chi connectivity index (χ0) is 17.1. The number of esters is 1. The second-order valence-corrected chi connectivity index (χ2v) is 5.55. The Morgan fingerprint density at radius 2 is 1.71 bits per heavy atom. The van der Waals surface area contributed by atoms with Gasteiger partial charge in [-0.3, -0.25) is 19.3 Å². The molecule has 5 heteroatoms. The van der Waals surface area contributed by atoms with E-state index < -0.39 is 0 Å². The molecule has 0 unspecified atom stereocenters. The summed E-state index contributed by atoms with van der Waals surface area (Å²) in [5.41, 5.74) is 1.05. The molecule has 0 atom stereocenters. The minimum atomic E-state index is -0.366. The molecular formula is C19H17NO4. The monoisotopic (exact) mass is 323 g/mol. The first-order valence-corrected chi connectivity index (χ1v) is 7.78. The number of hydrogen-bond acceptors (Lipinski definition) is 4. The predicted molar refractivity (Wildman–Crippen MR) is 89.7 cm³/mol. The maximum Gasteiger partial charge on any atom is 0.306 e. The number of carbonyl (C=O) groups excluding carboxylic acids is 3. The molecule has 0 fully saturated rings. The maximum absolute atomic E-state index is 12.6. The topological polar surface area (TPSA) is 63.7 Å². The zero-order valence-electron chi connectivity index (χ0n) is 13.2. The molecule has 24 heavy (non-hydrogen) atoms. The van der Waals surface area contributed by atoms with Crippen molar-refractivity contribution < 1.29 is 19.1 Å². The number of hydrogen-bond donors (Lipinski definition) is 0. The number of benzene rings is 2. The third-order valence-corrected chi connectivity index (χ3v) is 3.98. The quantitative estimate of drug-likeness (QED) is 0.466. The molecule has 0 N–H and O–H groups in total. The molecule has 3 rings (SSSR count). The lowest BCUT2D eigenvalue weighted by Gasteiger charge is -2.27. The first kappa shape index (κ1) is 15.9. The lowest BCUT2D eigenvalue weighted by atomic mass is 9.94. The van der Waals surface area contributed by atoms with Crippen molar-refractivity contribution in [1.82, 2.24) is 4.90 Å². The van der Waals surface area contributed by atoms with Crippen LogP contribution in [0.4, 0.5) is 0 Å². The van der Waals surface area contributed by atoms with Gasteiger partial charge in [0.05, 0.1) is 0 Å². The molecule has 5 nitrogen and oxygen atoms in total. The van der Waals surface area contributed by atoms with Gasteiger partial charge < -0.3 is 4.74 Å². The molecule has 2 aromatic rings. The lowest BCUT2D eigenvalue weighted by molar-refractivity contribution is -0.142. The van der Waals surface area contributed by atoms with E-state index in [4.69, 9.17) is 4.74 Å². The van der Waals surface area contributed by atoms with Crippen molar-refractivity contribution in [1.29, 1.82) is 0 Å². The molecule has 1 aliphatic heterocycles. The second kappa shape index (κ2) is 6.66. The Morgan fingerprint density at radius 3 is 2.29 bits per heavy atom. The van der Waals surface area contributed by atoms with Crippen molar-refractivity contribution in [2.24, 2.45) is 0 Å². The van der Waals surface area contributed by atoms with Crippen molar-refractivity contribution in [2.45, 2.75) is 12.8 Å². The average Bonchev–Trinajstić information content (AvgIpc) is 2.60. The fraction of sp³-hybridized carbons (Fsp3) is 0.211. The largest absolute Gasteiger partial charge is 0.461 e. The maximum atomic E-state index is 12.6. The highest BCUT2D eigenvalue weighted by molar-refractivity contribution is 6.25. The standard InChI is InChI=1S/C19H17NO4/c1-2-12-24-16(21)10-5-11-20-18(22)14-8-3-6-13-7-4-9-15(17(13)14)19(20)23/h2-4,6-9H,1,5,10-12H2. The molecule has 122 valence electrons. The number of amides is 2. The van der Waals surface area contributed by atoms with Crippen LogP contribution in [-0.4, -0.2) is 35.8 Å². The van der Waals surface area contributed by atoms with Crippen molar-refractivity contribution in [3.63, 3.8) is 0 Å². The van der Waals surface area contributed by atoms with E-state index in [0.29, 0.717) is 22.9 Å². The van der Waals surface area contributed by atoms with E-state index in [1.165, 1.54) is 11.0 Å². The van der Waals surface area contributed by atoms with Gasteiger partial charge in [0, 0.05) is 29.5 Å². The molecule has 2 amide bonds. The summed E-state index contributed by atoms with van der Waals surface area (Å²) in [6, 6.07) is 10.8. The van der Waals surface area contributed by atoms with Crippen LogP contribution in [0.5, 0.6) is 0 Å². The van der Waals surface area contributed by atoms with E-state index in [9.17, 15) is 14.4 Å². The second-order valence-electron chi connectivity index (χ2n) is 5.55. The summed E-state index contributed by atoms with van der Waals surface area (Å²) in [7, 11) is 0. The van der Waals surface area contributed by atoms with Crippen molar-refractivity contribution >= 4 is 28.6 Å². The van der Waals surface area contributed by atoms with E-state index in [2.05, 4.69) is 6.58 Å². The summed E-state index contributed by atoms with van der Waals surface area (Å²) in [6.07, 6.45) is 2.01. The van der Waals surface area contributed by atoms with Crippen LogP contribution in [0.1, 0.15) is 33.6 Å². The van der Waals surface area contributed by atoms with Crippen LogP contribution in [0.25, 0.3) is 10.8 Å². The molecular weight excluding hydrogens is 306 g/mol. The molecule has 1 heterocycles. The smallest absolute Gasteiger partial charge is 0.306 e. The Bertz CT molecular complexity index is 790. The van der Waals surface area contributed by atoms with Gasteiger partial charge in [0.25, 0.3) is 11.8 Å². The Hall–Kier alpha value is -2.95. The molecule has 0 aromatic heterocycles. The highest BCUT2D eigenvalue weighted by Crippen LogP contribution is 2.29. The van der Waals surface area contributed by atoms with Crippen LogP contribution in [0, 0.1) is 0 Å². The summed E-state index contributed by atoms with van der Waals surface area (Å²) in [4.78, 5) is 38.0. The molecule has 0 saturated carbocycles. The van der Waals surface area contributed by atoms with Gasteiger partial charge in [-0.2, -0.15) is 0 Å². The van der Waals surface area contributed by atoms with Crippen LogP contribution in [-0.2, 0) is 9.53 Å². The molecule has 0 aliphatic carbocycles. The Balaban J connectivity index is 1.78. The van der Waals surface area contributed by atoms with Gasteiger partial charge in [-0.25, -0.2) is 0 Å². The first-order valence-electron chi connectivity index (χ1n) is 7.78. The van der Waals surface area contributed by atoms with Crippen LogP contribution in [0.2, 0.25) is 0 Å². The molecule has 0 radical (unpaired) electrons. The van der Waals surface area contributed by atoms with E-state index >= 15 is 0 Å². The van der Waals surface area contributed by atoms with Gasteiger partial charge in [-0.15, -0.1) is 0 Å². The van der Waals surface area contributed by atoms with E-state index in [0.717, 1.165) is 5.39 Å². The summed E-state index contributed by atoms with van der Waals surface area (Å²) < 4.78 is 4.89. The third kappa shape index (κ3) is 2.80. The van der Waals surface area contributed by atoms with Gasteiger partial charge >= 0.3 is 5.97 Å². The molecule has 0 spiro atoms. The van der Waals surface area contributed by atoms with E-state index in [-0.39, 0.29) is 37.4 Å². The van der Waals surface area contributed by atoms with E-state index in [1.807, 2.05) is 12.1 Å². The van der Waals surface area contributed by atoms with Gasteiger partial charge in [0.1, 0.15) is 6.61 Å². The minimum Gasteiger partial charge on any atom is -0.461 e. The number of carbonyl (C=O) groups is 3. The lowest BCUT2D eigenvalue weighted by Crippen LogP contribution is -2.41. The number of rotatable bonds is 6. The Labute approximate surface area is 139 Å². The summed E-state index contributed by atoms with van der Waals surface area (Å²) in [5.74, 6) is -0.998. The summed E-state index contributed by atoms with van der Waals surface area (Å²) >= 11 is 0. The highest BCUT2D eigenvalue weighted by Gasteiger charge is 2.32. The van der Waals surface area contributed by atoms with Gasteiger partial charge in [-0.1, -0.05) is 36.9 Å². The average molecular weight is 323 g/mol. The summed E-state index contributed by atoms with van der Waals surface area (Å²) in [5, 5.41) is 1.58. The van der Waals surface area contributed by atoms with Crippen LogP contribution in [0.15, 0.2) is 49.1 Å². The van der Waals surface area contributed by atoms with Gasteiger partial charge in [0.15, 0.2) is 0 Å². The van der Waals surface area contributed by atoms with E-state index in [1.54, 1.807) is 24.3 Å². The SMILES string of the molecule is C=CCOC(=O)CCCN1C(=O)c2cccc3cccc(c23)C1=O. The number of ether oxygens (including phenoxy) is 1. The fourth-order valence-electron chi connectivity index (χ4n) is 2.89. The Kier molecular flexibility index (Phi) is 4.42. The number of imide groups is 1. The van der Waals surface area contributed by atoms with Crippen LogP contribution < -0.4 is 0 Å². The zero-order valence-corrected chi connectivity index (χ0v) is 13.2. The van der Waals surface area contributed by atoms with Gasteiger partial charge in [-0.05, 0) is 23.9 Å². The minimum absolute atomic E-state index is 0.150. The fourth-order valence-corrected chi connectivity index (χ4v) is 2.89. The molecule has 0 saturated heterocycles. The first-order chi connectivity index (χ1) is 11.6. The third-order valence-electron chi connectivity index (χ3n) is 3.98. The normalized spacial score (nSPS) is 13.2. The van der Waals surface area contributed by atoms with Crippen molar-refractivity contribution in [2.75, 3.05) is 13.2 Å². The highest BCUT2D eigenvalue weighted by atomic mass is 16.5. The summed E-state index contributed by atoms with van der Waals surface area (Å²) in [6.45, 7) is 3.82. The predicted octanol–water partition coefficient (Wildman–Crippen LogP) is 2.95. The van der Waals surface area contributed by atoms with Crippen molar-refractivity contribution in [3.8, 4) is 0 Å².